The number of nitrogens with one attached hydrogen (secondary N) is 1. The molecule has 2 heterocycles. The maximum Gasteiger partial charge on any atom is 0.118 e. The van der Waals surface area contributed by atoms with Gasteiger partial charge in [-0.2, -0.15) is 0 Å². The lowest BCUT2D eigenvalue weighted by Crippen LogP contribution is -2.39. The Morgan fingerprint density at radius 3 is 2.42 bits per heavy atom. The predicted octanol–water partition coefficient (Wildman–Crippen LogP) is 3.41. The predicted molar refractivity (Wildman–Crippen MR) is 97.1 cm³/mol. The van der Waals surface area contributed by atoms with Crippen LogP contribution < -0.4 is 10.1 Å². The Labute approximate surface area is 144 Å². The quantitative estimate of drug-likeness (QED) is 0.846. The maximum atomic E-state index is 5.30. The lowest BCUT2D eigenvalue weighted by atomic mass is 10.0. The van der Waals surface area contributed by atoms with Gasteiger partial charge >= 0.3 is 0 Å². The number of hydrogen-bond donors (Lipinski definition) is 1. The van der Waals surface area contributed by atoms with Gasteiger partial charge in [0.05, 0.1) is 7.11 Å². The Morgan fingerprint density at radius 1 is 1.04 bits per heavy atom. The van der Waals surface area contributed by atoms with Crippen LogP contribution >= 0.6 is 0 Å². The van der Waals surface area contributed by atoms with Gasteiger partial charge in [-0.25, -0.2) is 0 Å². The van der Waals surface area contributed by atoms with Crippen LogP contribution in [0.15, 0.2) is 48.8 Å². The summed E-state index contributed by atoms with van der Waals surface area (Å²) < 4.78 is 5.30. The summed E-state index contributed by atoms with van der Waals surface area (Å²) in [7, 11) is 1.72. The van der Waals surface area contributed by atoms with E-state index in [1.807, 2.05) is 12.4 Å². The van der Waals surface area contributed by atoms with E-state index in [9.17, 15) is 0 Å². The SMILES string of the molecule is COc1ccc(C(CNCc2ccncc2)N2CCCCC2)cc1. The molecule has 4 nitrogen and oxygen atoms in total. The number of piperidine rings is 1. The fourth-order valence-electron chi connectivity index (χ4n) is 3.37. The second-order valence-corrected chi connectivity index (χ2v) is 6.37. The number of aromatic nitrogens is 1. The van der Waals surface area contributed by atoms with Gasteiger partial charge in [0.15, 0.2) is 0 Å². The Bertz CT molecular complexity index is 594. The molecular formula is C20H27N3O. The summed E-state index contributed by atoms with van der Waals surface area (Å²) in [6, 6.07) is 13.1. The Kier molecular flexibility index (Phi) is 6.21. The molecule has 3 rings (SSSR count). The van der Waals surface area contributed by atoms with E-state index in [0.29, 0.717) is 6.04 Å². The molecule has 1 aliphatic rings. The molecule has 1 aromatic heterocycles. The monoisotopic (exact) mass is 325 g/mol. The van der Waals surface area contributed by atoms with Crippen LogP contribution in [0.5, 0.6) is 5.75 Å². The molecule has 4 heteroatoms. The van der Waals surface area contributed by atoms with Crippen molar-refractivity contribution in [3.8, 4) is 5.75 Å². The number of rotatable bonds is 7. The van der Waals surface area contributed by atoms with E-state index >= 15 is 0 Å². The summed E-state index contributed by atoms with van der Waals surface area (Å²) in [6.45, 7) is 4.21. The molecule has 1 aliphatic heterocycles. The third kappa shape index (κ3) is 4.56. The van der Waals surface area contributed by atoms with Gasteiger partial charge in [-0.1, -0.05) is 18.6 Å². The van der Waals surface area contributed by atoms with Gasteiger partial charge in [-0.15, -0.1) is 0 Å². The summed E-state index contributed by atoms with van der Waals surface area (Å²) >= 11 is 0. The zero-order valence-electron chi connectivity index (χ0n) is 14.4. The third-order valence-corrected chi connectivity index (χ3v) is 4.75. The van der Waals surface area contributed by atoms with Gasteiger partial charge < -0.3 is 10.1 Å². The fourth-order valence-corrected chi connectivity index (χ4v) is 3.37. The number of methoxy groups -OCH3 is 1. The minimum Gasteiger partial charge on any atom is -0.497 e. The summed E-state index contributed by atoms with van der Waals surface area (Å²) in [5, 5.41) is 3.63. The molecular weight excluding hydrogens is 298 g/mol. The van der Waals surface area contributed by atoms with E-state index < -0.39 is 0 Å². The first-order valence-electron chi connectivity index (χ1n) is 8.84. The van der Waals surface area contributed by atoms with Crippen molar-refractivity contribution in [3.63, 3.8) is 0 Å². The van der Waals surface area contributed by atoms with Gasteiger partial charge in [0.25, 0.3) is 0 Å². The Morgan fingerprint density at radius 2 is 1.75 bits per heavy atom. The molecule has 0 saturated carbocycles. The Balaban J connectivity index is 1.66. The van der Waals surface area contributed by atoms with Crippen LogP contribution in [0.25, 0.3) is 0 Å². The number of hydrogen-bond acceptors (Lipinski definition) is 4. The molecule has 0 radical (unpaired) electrons. The molecule has 1 saturated heterocycles. The van der Waals surface area contributed by atoms with Gasteiger partial charge in [-0.05, 0) is 61.3 Å². The number of likely N-dealkylation sites (tertiary alicyclic amines) is 1. The van der Waals surface area contributed by atoms with Gasteiger partial charge in [0.1, 0.15) is 5.75 Å². The first kappa shape index (κ1) is 16.9. The number of pyridine rings is 1. The molecule has 24 heavy (non-hydrogen) atoms. The van der Waals surface area contributed by atoms with Crippen LogP contribution in [-0.4, -0.2) is 36.6 Å². The molecule has 0 amide bonds. The van der Waals surface area contributed by atoms with E-state index in [1.165, 1.54) is 43.5 Å². The molecule has 0 spiro atoms. The standard InChI is InChI=1S/C20H27N3O/c1-24-19-7-5-18(6-8-19)20(23-13-3-2-4-14-23)16-22-15-17-9-11-21-12-10-17/h5-12,20,22H,2-4,13-16H2,1H3. The maximum absolute atomic E-state index is 5.30. The van der Waals surface area contributed by atoms with Crippen LogP contribution in [0.3, 0.4) is 0 Å². The summed E-state index contributed by atoms with van der Waals surface area (Å²) in [5.41, 5.74) is 2.64. The largest absolute Gasteiger partial charge is 0.497 e. The van der Waals surface area contributed by atoms with Crippen molar-refractivity contribution in [2.24, 2.45) is 0 Å². The van der Waals surface area contributed by atoms with E-state index in [0.717, 1.165) is 18.8 Å². The molecule has 1 unspecified atom stereocenters. The van der Waals surface area contributed by atoms with E-state index in [-0.39, 0.29) is 0 Å². The zero-order chi connectivity index (χ0) is 16.6. The third-order valence-electron chi connectivity index (χ3n) is 4.75. The highest BCUT2D eigenvalue weighted by Crippen LogP contribution is 2.26. The first-order chi connectivity index (χ1) is 11.9. The zero-order valence-corrected chi connectivity index (χ0v) is 14.4. The topological polar surface area (TPSA) is 37.4 Å². The van der Waals surface area contributed by atoms with Crippen molar-refractivity contribution >= 4 is 0 Å². The highest BCUT2D eigenvalue weighted by atomic mass is 16.5. The molecule has 1 N–H and O–H groups in total. The number of benzene rings is 1. The van der Waals surface area contributed by atoms with Crippen LogP contribution in [0, 0.1) is 0 Å². The summed E-state index contributed by atoms with van der Waals surface area (Å²) in [6.07, 6.45) is 7.66. The van der Waals surface area contributed by atoms with Crippen molar-refractivity contribution in [2.75, 3.05) is 26.7 Å². The normalized spacial score (nSPS) is 16.7. The minimum absolute atomic E-state index is 0.415. The van der Waals surface area contributed by atoms with Gasteiger partial charge in [-0.3, -0.25) is 9.88 Å². The fraction of sp³-hybridized carbons (Fsp3) is 0.450. The van der Waals surface area contributed by atoms with Gasteiger partial charge in [0, 0.05) is 31.5 Å². The average Bonchev–Trinajstić information content (AvgIpc) is 2.67. The smallest absolute Gasteiger partial charge is 0.118 e. The van der Waals surface area contributed by atoms with Crippen molar-refractivity contribution in [1.29, 1.82) is 0 Å². The molecule has 2 aromatic rings. The van der Waals surface area contributed by atoms with Crippen molar-refractivity contribution in [3.05, 3.63) is 59.9 Å². The van der Waals surface area contributed by atoms with Crippen molar-refractivity contribution in [1.82, 2.24) is 15.2 Å². The lowest BCUT2D eigenvalue weighted by Gasteiger charge is -2.35. The average molecular weight is 325 g/mol. The molecule has 1 atom stereocenters. The molecule has 1 fully saturated rings. The van der Waals surface area contributed by atoms with E-state index in [4.69, 9.17) is 4.74 Å². The molecule has 128 valence electrons. The molecule has 0 bridgehead atoms. The molecule has 1 aromatic carbocycles. The van der Waals surface area contributed by atoms with Crippen molar-refractivity contribution in [2.45, 2.75) is 31.8 Å². The van der Waals surface area contributed by atoms with Crippen molar-refractivity contribution < 1.29 is 4.74 Å². The minimum atomic E-state index is 0.415. The second kappa shape index (κ2) is 8.81. The number of nitrogens with zero attached hydrogens (tertiary/aromatic N) is 2. The van der Waals surface area contributed by atoms with E-state index in [2.05, 4.69) is 51.6 Å². The summed E-state index contributed by atoms with van der Waals surface area (Å²) in [4.78, 5) is 6.69. The highest BCUT2D eigenvalue weighted by molar-refractivity contribution is 5.29. The highest BCUT2D eigenvalue weighted by Gasteiger charge is 2.22. The van der Waals surface area contributed by atoms with Crippen LogP contribution in [0.1, 0.15) is 36.4 Å². The Hall–Kier alpha value is -1.91. The van der Waals surface area contributed by atoms with Crippen LogP contribution in [0.4, 0.5) is 0 Å². The van der Waals surface area contributed by atoms with E-state index in [1.54, 1.807) is 7.11 Å². The molecule has 0 aliphatic carbocycles. The summed E-state index contributed by atoms with van der Waals surface area (Å²) in [5.74, 6) is 0.917. The van der Waals surface area contributed by atoms with Crippen LogP contribution in [0.2, 0.25) is 0 Å². The van der Waals surface area contributed by atoms with Crippen LogP contribution in [-0.2, 0) is 6.54 Å². The lowest BCUT2D eigenvalue weighted by molar-refractivity contribution is 0.160. The second-order valence-electron chi connectivity index (χ2n) is 6.37. The number of ether oxygens (including phenoxy) is 1. The first-order valence-corrected chi connectivity index (χ1v) is 8.84. The van der Waals surface area contributed by atoms with Gasteiger partial charge in [0.2, 0.25) is 0 Å².